The molecule has 0 saturated heterocycles. The first-order valence-corrected chi connectivity index (χ1v) is 10.6. The molecule has 3 amide bonds. The van der Waals surface area contributed by atoms with E-state index in [9.17, 15) is 14.4 Å². The molecule has 0 aliphatic heterocycles. The lowest BCUT2D eigenvalue weighted by Gasteiger charge is -2.10. The maximum atomic E-state index is 12.2. The maximum Gasteiger partial charge on any atom is 0.287 e. The van der Waals surface area contributed by atoms with E-state index in [4.69, 9.17) is 9.15 Å². The molecule has 0 saturated carbocycles. The van der Waals surface area contributed by atoms with Crippen LogP contribution in [-0.2, 0) is 4.79 Å². The first kappa shape index (κ1) is 23.6. The Bertz CT molecular complexity index is 1060. The highest BCUT2D eigenvalue weighted by atomic mass is 16.5. The van der Waals surface area contributed by atoms with Crippen molar-refractivity contribution in [3.8, 4) is 5.75 Å². The lowest BCUT2D eigenvalue weighted by molar-refractivity contribution is -0.118. The van der Waals surface area contributed by atoms with Gasteiger partial charge in [0.2, 0.25) is 0 Å². The zero-order valence-electron chi connectivity index (χ0n) is 18.6. The van der Waals surface area contributed by atoms with Gasteiger partial charge in [-0.25, -0.2) is 0 Å². The van der Waals surface area contributed by atoms with Crippen molar-refractivity contribution in [1.29, 1.82) is 0 Å². The molecule has 8 nitrogen and oxygen atoms in total. The van der Waals surface area contributed by atoms with Crippen LogP contribution in [0.25, 0.3) is 0 Å². The van der Waals surface area contributed by atoms with Crippen molar-refractivity contribution in [3.63, 3.8) is 0 Å². The number of carbonyl (C=O) groups excluding carboxylic acids is 3. The zero-order chi connectivity index (χ0) is 23.6. The molecule has 0 aliphatic carbocycles. The van der Waals surface area contributed by atoms with E-state index < -0.39 is 0 Å². The van der Waals surface area contributed by atoms with E-state index >= 15 is 0 Å². The van der Waals surface area contributed by atoms with Gasteiger partial charge in [-0.15, -0.1) is 0 Å². The maximum absolute atomic E-state index is 12.2. The molecule has 1 heterocycles. The van der Waals surface area contributed by atoms with Crippen LogP contribution >= 0.6 is 0 Å². The van der Waals surface area contributed by atoms with Gasteiger partial charge in [-0.2, -0.15) is 0 Å². The van der Waals surface area contributed by atoms with Crippen molar-refractivity contribution >= 4 is 23.4 Å². The van der Waals surface area contributed by atoms with Crippen LogP contribution in [0.15, 0.2) is 71.3 Å². The molecule has 172 valence electrons. The summed E-state index contributed by atoms with van der Waals surface area (Å²) in [4.78, 5) is 36.1. The van der Waals surface area contributed by atoms with Gasteiger partial charge in [0, 0.05) is 24.3 Å². The van der Waals surface area contributed by atoms with E-state index in [1.165, 1.54) is 11.8 Å². The molecule has 0 aliphatic rings. The van der Waals surface area contributed by atoms with Crippen LogP contribution in [0.1, 0.15) is 46.2 Å². The van der Waals surface area contributed by atoms with Gasteiger partial charge < -0.3 is 25.1 Å². The molecule has 3 aromatic rings. The van der Waals surface area contributed by atoms with Crippen LogP contribution in [-0.4, -0.2) is 37.4 Å². The first-order valence-electron chi connectivity index (χ1n) is 10.6. The number of hydrogen-bond donors (Lipinski definition) is 3. The molecule has 33 heavy (non-hydrogen) atoms. The summed E-state index contributed by atoms with van der Waals surface area (Å²) in [6, 6.07) is 17.3. The summed E-state index contributed by atoms with van der Waals surface area (Å²) >= 11 is 0. The lowest BCUT2D eigenvalue weighted by Crippen LogP contribution is -2.34. The van der Waals surface area contributed by atoms with Gasteiger partial charge in [0.25, 0.3) is 17.7 Å². The highest BCUT2D eigenvalue weighted by Crippen LogP contribution is 2.18. The molecule has 0 radical (unpaired) electrons. The Labute approximate surface area is 192 Å². The molecular formula is C25H27N3O5. The number of hydrogen-bond acceptors (Lipinski definition) is 5. The highest BCUT2D eigenvalue weighted by molar-refractivity contribution is 5.96. The van der Waals surface area contributed by atoms with Crippen LogP contribution in [0.2, 0.25) is 0 Å². The molecule has 1 aromatic heterocycles. The minimum absolute atomic E-state index is 0.118. The molecule has 3 N–H and O–H groups in total. The van der Waals surface area contributed by atoms with Gasteiger partial charge in [0.1, 0.15) is 5.75 Å². The van der Waals surface area contributed by atoms with Crippen LogP contribution < -0.4 is 20.7 Å². The number of anilines is 1. The van der Waals surface area contributed by atoms with Crippen LogP contribution in [0.4, 0.5) is 5.69 Å². The number of nitrogens with one attached hydrogen (secondary N) is 3. The van der Waals surface area contributed by atoms with Gasteiger partial charge in [-0.05, 0) is 60.0 Å². The largest absolute Gasteiger partial charge is 0.484 e. The van der Waals surface area contributed by atoms with Gasteiger partial charge in [0.05, 0.1) is 6.26 Å². The van der Waals surface area contributed by atoms with Crippen LogP contribution in [0, 0.1) is 0 Å². The first-order chi connectivity index (χ1) is 15.9. The Morgan fingerprint density at radius 2 is 1.55 bits per heavy atom. The zero-order valence-corrected chi connectivity index (χ0v) is 18.6. The van der Waals surface area contributed by atoms with Crippen molar-refractivity contribution in [1.82, 2.24) is 10.6 Å². The topological polar surface area (TPSA) is 110 Å². The average Bonchev–Trinajstić information content (AvgIpc) is 3.36. The fourth-order valence-electron chi connectivity index (χ4n) is 2.95. The average molecular weight is 450 g/mol. The Hall–Kier alpha value is -4.07. The summed E-state index contributed by atoms with van der Waals surface area (Å²) in [5.74, 6) is 0.350. The van der Waals surface area contributed by atoms with Crippen molar-refractivity contribution in [2.24, 2.45) is 0 Å². The number of furan rings is 1. The quantitative estimate of drug-likeness (QED) is 0.410. The number of rotatable bonds is 10. The molecule has 0 spiro atoms. The minimum atomic E-state index is -0.342. The second kappa shape index (κ2) is 11.5. The Morgan fingerprint density at radius 3 is 2.15 bits per heavy atom. The molecule has 0 bridgehead atoms. The fourth-order valence-corrected chi connectivity index (χ4v) is 2.95. The SMILES string of the molecule is CC(C)c1ccc(OCC(=O)Nc2ccc(C(=O)NCCNC(=O)c3ccco3)cc2)cc1. The van der Waals surface area contributed by atoms with E-state index in [1.54, 1.807) is 36.4 Å². The van der Waals surface area contributed by atoms with E-state index in [2.05, 4.69) is 29.8 Å². The van der Waals surface area contributed by atoms with Crippen molar-refractivity contribution in [2.75, 3.05) is 25.0 Å². The molecule has 3 rings (SSSR count). The van der Waals surface area contributed by atoms with E-state index in [0.29, 0.717) is 22.9 Å². The number of amides is 3. The second-order valence-electron chi connectivity index (χ2n) is 7.63. The van der Waals surface area contributed by atoms with E-state index in [0.717, 1.165) is 0 Å². The number of carbonyl (C=O) groups is 3. The molecule has 0 atom stereocenters. The van der Waals surface area contributed by atoms with Crippen molar-refractivity contribution in [3.05, 3.63) is 83.8 Å². The number of ether oxygens (including phenoxy) is 1. The van der Waals surface area contributed by atoms with Crippen LogP contribution in [0.3, 0.4) is 0 Å². The summed E-state index contributed by atoms with van der Waals surface area (Å²) in [7, 11) is 0. The summed E-state index contributed by atoms with van der Waals surface area (Å²) < 4.78 is 10.5. The Balaban J connectivity index is 1.38. The van der Waals surface area contributed by atoms with Crippen molar-refractivity contribution < 1.29 is 23.5 Å². The van der Waals surface area contributed by atoms with Gasteiger partial charge in [-0.1, -0.05) is 26.0 Å². The molecule has 0 unspecified atom stereocenters. The van der Waals surface area contributed by atoms with Gasteiger partial charge >= 0.3 is 0 Å². The molecule has 8 heteroatoms. The molecular weight excluding hydrogens is 422 g/mol. The highest BCUT2D eigenvalue weighted by Gasteiger charge is 2.09. The molecule has 0 fully saturated rings. The third-order valence-electron chi connectivity index (χ3n) is 4.79. The third-order valence-corrected chi connectivity index (χ3v) is 4.79. The Kier molecular flexibility index (Phi) is 8.24. The fraction of sp³-hybridized carbons (Fsp3) is 0.240. The summed E-state index contributed by atoms with van der Waals surface area (Å²) in [6.07, 6.45) is 1.42. The van der Waals surface area contributed by atoms with Gasteiger partial charge in [-0.3, -0.25) is 14.4 Å². The minimum Gasteiger partial charge on any atom is -0.484 e. The second-order valence-corrected chi connectivity index (χ2v) is 7.63. The Morgan fingerprint density at radius 1 is 0.879 bits per heavy atom. The lowest BCUT2D eigenvalue weighted by atomic mass is 10.0. The van der Waals surface area contributed by atoms with Crippen LogP contribution in [0.5, 0.6) is 5.75 Å². The molecule has 2 aromatic carbocycles. The van der Waals surface area contributed by atoms with E-state index in [-0.39, 0.29) is 43.2 Å². The number of benzene rings is 2. The predicted octanol–water partition coefficient (Wildman–Crippen LogP) is 3.58. The standard InChI is InChI=1S/C25H27N3O5/c1-17(2)18-7-11-21(12-8-18)33-16-23(29)28-20-9-5-19(6-10-20)24(30)26-13-14-27-25(31)22-4-3-15-32-22/h3-12,15,17H,13-14,16H2,1-2H3,(H,26,30)(H,27,31)(H,28,29). The van der Waals surface area contributed by atoms with Gasteiger partial charge in [0.15, 0.2) is 12.4 Å². The summed E-state index contributed by atoms with van der Waals surface area (Å²) in [5.41, 5.74) is 2.20. The van der Waals surface area contributed by atoms with Crippen molar-refractivity contribution in [2.45, 2.75) is 19.8 Å². The summed E-state index contributed by atoms with van der Waals surface area (Å²) in [6.45, 7) is 4.63. The monoisotopic (exact) mass is 449 g/mol. The van der Waals surface area contributed by atoms with E-state index in [1.807, 2.05) is 24.3 Å². The smallest absolute Gasteiger partial charge is 0.287 e. The third kappa shape index (κ3) is 7.24. The normalized spacial score (nSPS) is 10.5. The predicted molar refractivity (Wildman–Crippen MR) is 124 cm³/mol. The summed E-state index contributed by atoms with van der Waals surface area (Å²) in [5, 5.41) is 8.10.